The van der Waals surface area contributed by atoms with Crippen molar-refractivity contribution in [3.63, 3.8) is 0 Å². The maximum Gasteiger partial charge on any atom is 0.262 e. The van der Waals surface area contributed by atoms with E-state index in [4.69, 9.17) is 16.3 Å². The number of hydrogen-bond acceptors (Lipinski definition) is 4. The Morgan fingerprint density at radius 1 is 1.15 bits per heavy atom. The van der Waals surface area contributed by atoms with Crippen LogP contribution in [-0.4, -0.2) is 23.4 Å². The fourth-order valence-electron chi connectivity index (χ4n) is 2.50. The number of hydrogen-bond donors (Lipinski definition) is 2. The van der Waals surface area contributed by atoms with Crippen LogP contribution in [0, 0.1) is 3.57 Å². The summed E-state index contributed by atoms with van der Waals surface area (Å²) in [6, 6.07) is 12.3. The van der Waals surface area contributed by atoms with E-state index in [2.05, 4.69) is 38.2 Å². The van der Waals surface area contributed by atoms with Crippen LogP contribution in [0.1, 0.15) is 6.92 Å². The van der Waals surface area contributed by atoms with Gasteiger partial charge in [-0.2, -0.15) is 0 Å². The van der Waals surface area contributed by atoms with E-state index in [1.807, 2.05) is 6.07 Å². The van der Waals surface area contributed by atoms with Gasteiger partial charge in [0.25, 0.3) is 5.91 Å². The van der Waals surface area contributed by atoms with Gasteiger partial charge in [-0.05, 0) is 59.0 Å². The van der Waals surface area contributed by atoms with E-state index < -0.39 is 0 Å². The number of nitrogens with one attached hydrogen (secondary N) is 2. The Bertz CT molecular complexity index is 1030. The van der Waals surface area contributed by atoms with Crippen LogP contribution in [0.2, 0.25) is 5.02 Å². The van der Waals surface area contributed by atoms with Gasteiger partial charge < -0.3 is 15.4 Å². The van der Waals surface area contributed by atoms with E-state index in [9.17, 15) is 9.59 Å². The lowest BCUT2D eigenvalue weighted by Crippen LogP contribution is -2.20. The van der Waals surface area contributed by atoms with Gasteiger partial charge in [0, 0.05) is 29.9 Å². The molecule has 0 aliphatic rings. The summed E-state index contributed by atoms with van der Waals surface area (Å²) in [5.74, 6) is 0.000977. The second-order valence-corrected chi connectivity index (χ2v) is 7.24. The molecule has 0 aliphatic heterocycles. The van der Waals surface area contributed by atoms with Crippen molar-refractivity contribution in [3.05, 3.63) is 57.3 Å². The predicted octanol–water partition coefficient (Wildman–Crippen LogP) is 4.47. The van der Waals surface area contributed by atoms with E-state index in [1.54, 1.807) is 42.6 Å². The van der Waals surface area contributed by atoms with Gasteiger partial charge in [0.1, 0.15) is 5.52 Å². The number of carbonyl (C=O) groups is 2. The van der Waals surface area contributed by atoms with E-state index in [-0.39, 0.29) is 18.4 Å². The minimum absolute atomic E-state index is 0.182. The molecule has 0 saturated heterocycles. The molecule has 2 amide bonds. The molecule has 1 aromatic heterocycles. The van der Waals surface area contributed by atoms with E-state index in [0.717, 1.165) is 8.96 Å². The Kier molecular flexibility index (Phi) is 6.12. The normalized spacial score (nSPS) is 10.5. The number of rotatable bonds is 5. The van der Waals surface area contributed by atoms with Crippen molar-refractivity contribution in [2.45, 2.75) is 6.92 Å². The largest absolute Gasteiger partial charge is 0.480 e. The molecular weight excluding hydrogens is 481 g/mol. The third kappa shape index (κ3) is 4.86. The lowest BCUT2D eigenvalue weighted by molar-refractivity contribution is -0.118. The van der Waals surface area contributed by atoms with Crippen LogP contribution in [-0.2, 0) is 9.59 Å². The van der Waals surface area contributed by atoms with Gasteiger partial charge in [-0.1, -0.05) is 17.7 Å². The number of anilines is 2. The number of ether oxygens (including phenoxy) is 1. The quantitative estimate of drug-likeness (QED) is 0.512. The molecule has 2 aromatic carbocycles. The summed E-state index contributed by atoms with van der Waals surface area (Å²) >= 11 is 8.34. The Hall–Kier alpha value is -2.39. The molecule has 0 bridgehead atoms. The lowest BCUT2D eigenvalue weighted by Gasteiger charge is -2.12. The monoisotopic (exact) mass is 495 g/mol. The SMILES string of the molecule is CC(=O)Nc1cccc(NC(=O)COc2c(I)cc(Cl)c3cccnc23)c1. The number of halogens is 2. The molecule has 0 atom stereocenters. The molecule has 1 heterocycles. The Morgan fingerprint density at radius 2 is 1.89 bits per heavy atom. The van der Waals surface area contributed by atoms with Crippen molar-refractivity contribution in [2.24, 2.45) is 0 Å². The minimum Gasteiger partial charge on any atom is -0.480 e. The zero-order chi connectivity index (χ0) is 19.4. The molecule has 0 saturated carbocycles. The average molecular weight is 496 g/mol. The first-order valence-electron chi connectivity index (χ1n) is 7.97. The number of pyridine rings is 1. The smallest absolute Gasteiger partial charge is 0.262 e. The highest BCUT2D eigenvalue weighted by Crippen LogP contribution is 2.34. The van der Waals surface area contributed by atoms with Gasteiger partial charge in [-0.25, -0.2) is 0 Å². The number of carbonyl (C=O) groups excluding carboxylic acids is 2. The fraction of sp³-hybridized carbons (Fsp3) is 0.105. The summed E-state index contributed by atoms with van der Waals surface area (Å²) in [6.07, 6.45) is 1.65. The molecule has 8 heteroatoms. The van der Waals surface area contributed by atoms with Gasteiger partial charge in [0.15, 0.2) is 12.4 Å². The molecule has 0 radical (unpaired) electrons. The van der Waals surface area contributed by atoms with Crippen molar-refractivity contribution >= 4 is 68.3 Å². The van der Waals surface area contributed by atoms with Crippen LogP contribution in [0.15, 0.2) is 48.7 Å². The van der Waals surface area contributed by atoms with Gasteiger partial charge in [-0.15, -0.1) is 0 Å². The zero-order valence-electron chi connectivity index (χ0n) is 14.3. The van der Waals surface area contributed by atoms with Crippen LogP contribution in [0.25, 0.3) is 10.9 Å². The highest BCUT2D eigenvalue weighted by atomic mass is 127. The molecule has 0 fully saturated rings. The number of fused-ring (bicyclic) bond motifs is 1. The molecule has 138 valence electrons. The van der Waals surface area contributed by atoms with Crippen LogP contribution in [0.5, 0.6) is 5.75 Å². The highest BCUT2D eigenvalue weighted by Gasteiger charge is 2.14. The maximum atomic E-state index is 12.3. The molecule has 3 rings (SSSR count). The van der Waals surface area contributed by atoms with Gasteiger partial charge in [0.05, 0.1) is 8.59 Å². The zero-order valence-corrected chi connectivity index (χ0v) is 17.2. The number of aromatic nitrogens is 1. The Balaban J connectivity index is 1.72. The second-order valence-electron chi connectivity index (χ2n) is 5.67. The molecule has 0 unspecified atom stereocenters. The van der Waals surface area contributed by atoms with Crippen molar-refractivity contribution in [1.29, 1.82) is 0 Å². The predicted molar refractivity (Wildman–Crippen MR) is 114 cm³/mol. The maximum absolute atomic E-state index is 12.3. The Labute approximate surface area is 174 Å². The molecule has 0 aliphatic carbocycles. The number of nitrogens with zero attached hydrogens (tertiary/aromatic N) is 1. The van der Waals surface area contributed by atoms with Crippen LogP contribution < -0.4 is 15.4 Å². The minimum atomic E-state index is -0.329. The summed E-state index contributed by atoms with van der Waals surface area (Å²) in [5.41, 5.74) is 1.77. The third-order valence-corrected chi connectivity index (χ3v) is 4.68. The van der Waals surface area contributed by atoms with E-state index in [1.165, 1.54) is 6.92 Å². The average Bonchev–Trinajstić information content (AvgIpc) is 2.61. The number of benzene rings is 2. The molecule has 2 N–H and O–H groups in total. The standard InChI is InChI=1S/C19H15ClIN3O3/c1-11(25)23-12-4-2-5-13(8-12)24-17(26)10-27-19-16(21)9-15(20)14-6-3-7-22-18(14)19/h2-9H,10H2,1H3,(H,23,25)(H,24,26). The molecule has 3 aromatic rings. The first kappa shape index (κ1) is 19.4. The topological polar surface area (TPSA) is 80.3 Å². The molecule has 0 spiro atoms. The number of amides is 2. The lowest BCUT2D eigenvalue weighted by atomic mass is 10.2. The van der Waals surface area contributed by atoms with Crippen LogP contribution >= 0.6 is 34.2 Å². The third-order valence-electron chi connectivity index (χ3n) is 3.56. The van der Waals surface area contributed by atoms with Gasteiger partial charge in [-0.3, -0.25) is 14.6 Å². The van der Waals surface area contributed by atoms with Gasteiger partial charge in [0.2, 0.25) is 5.91 Å². The summed E-state index contributed by atoms with van der Waals surface area (Å²) in [7, 11) is 0. The molecule has 27 heavy (non-hydrogen) atoms. The van der Waals surface area contributed by atoms with E-state index in [0.29, 0.717) is 27.7 Å². The summed E-state index contributed by atoms with van der Waals surface area (Å²) < 4.78 is 6.49. The van der Waals surface area contributed by atoms with Gasteiger partial charge >= 0.3 is 0 Å². The second kappa shape index (κ2) is 8.53. The van der Waals surface area contributed by atoms with E-state index >= 15 is 0 Å². The molecule has 6 nitrogen and oxygen atoms in total. The highest BCUT2D eigenvalue weighted by molar-refractivity contribution is 14.1. The summed E-state index contributed by atoms with van der Waals surface area (Å²) in [4.78, 5) is 27.7. The first-order valence-corrected chi connectivity index (χ1v) is 9.43. The van der Waals surface area contributed by atoms with Crippen molar-refractivity contribution in [2.75, 3.05) is 17.2 Å². The Morgan fingerprint density at radius 3 is 2.63 bits per heavy atom. The molecular formula is C19H15ClIN3O3. The summed E-state index contributed by atoms with van der Waals surface area (Å²) in [5, 5.41) is 6.75. The van der Waals surface area contributed by atoms with Crippen molar-refractivity contribution in [3.8, 4) is 5.75 Å². The summed E-state index contributed by atoms with van der Waals surface area (Å²) in [6.45, 7) is 1.23. The fourth-order valence-corrected chi connectivity index (χ4v) is 3.66. The van der Waals surface area contributed by atoms with Crippen molar-refractivity contribution < 1.29 is 14.3 Å². The first-order chi connectivity index (χ1) is 12.9. The van der Waals surface area contributed by atoms with Crippen LogP contribution in [0.4, 0.5) is 11.4 Å². The van der Waals surface area contributed by atoms with Crippen molar-refractivity contribution in [1.82, 2.24) is 4.98 Å². The van der Waals surface area contributed by atoms with Crippen LogP contribution in [0.3, 0.4) is 0 Å².